The molecular weight excluding hydrogens is 326 g/mol. The summed E-state index contributed by atoms with van der Waals surface area (Å²) in [6, 6.07) is 3.89. The number of esters is 1. The van der Waals surface area contributed by atoms with Crippen LogP contribution in [0.2, 0.25) is 0 Å². The molecule has 1 amide bonds. The van der Waals surface area contributed by atoms with Crippen molar-refractivity contribution in [3.05, 3.63) is 27.7 Å². The van der Waals surface area contributed by atoms with Crippen LogP contribution in [0.3, 0.4) is 0 Å². The summed E-state index contributed by atoms with van der Waals surface area (Å²) in [6.45, 7) is 2.81. The minimum Gasteiger partial charge on any atom is -0.496 e. The predicted molar refractivity (Wildman–Crippen MR) is 76.4 cm³/mol. The largest absolute Gasteiger partial charge is 0.496 e. The number of benzene rings is 1. The van der Waals surface area contributed by atoms with E-state index in [9.17, 15) is 9.59 Å². The number of amides is 1. The van der Waals surface area contributed by atoms with E-state index in [2.05, 4.69) is 15.9 Å². The molecule has 1 aromatic rings. The summed E-state index contributed by atoms with van der Waals surface area (Å²) < 4.78 is 10.8. The Morgan fingerprint density at radius 3 is 2.75 bits per heavy atom. The molecular formula is C14H16BrNO4. The van der Waals surface area contributed by atoms with Crippen LogP contribution in [-0.4, -0.2) is 37.0 Å². The highest BCUT2D eigenvalue weighted by Gasteiger charge is 2.27. The molecule has 1 aromatic carbocycles. The minimum absolute atomic E-state index is 0.206. The van der Waals surface area contributed by atoms with Gasteiger partial charge in [-0.25, -0.2) is 4.79 Å². The van der Waals surface area contributed by atoms with Crippen molar-refractivity contribution in [2.24, 2.45) is 0 Å². The van der Waals surface area contributed by atoms with Gasteiger partial charge >= 0.3 is 11.9 Å². The SMILES string of the molecule is CCOC(=O)C(=O)N1CCc2cc(OC)c(Br)cc2C1. The zero-order valence-electron chi connectivity index (χ0n) is 11.4. The van der Waals surface area contributed by atoms with Gasteiger partial charge in [0.2, 0.25) is 0 Å². The van der Waals surface area contributed by atoms with E-state index >= 15 is 0 Å². The second-order valence-corrected chi connectivity index (χ2v) is 5.31. The van der Waals surface area contributed by atoms with Crippen LogP contribution in [-0.2, 0) is 27.3 Å². The summed E-state index contributed by atoms with van der Waals surface area (Å²) in [5.41, 5.74) is 2.15. The third-order valence-corrected chi connectivity index (χ3v) is 3.84. The Labute approximate surface area is 126 Å². The van der Waals surface area contributed by atoms with Crippen LogP contribution in [0.1, 0.15) is 18.1 Å². The fourth-order valence-corrected chi connectivity index (χ4v) is 2.76. The van der Waals surface area contributed by atoms with E-state index in [0.717, 1.165) is 21.3 Å². The lowest BCUT2D eigenvalue weighted by Crippen LogP contribution is -2.40. The van der Waals surface area contributed by atoms with E-state index in [4.69, 9.17) is 9.47 Å². The number of ether oxygens (including phenoxy) is 2. The van der Waals surface area contributed by atoms with Crippen LogP contribution in [0.25, 0.3) is 0 Å². The maximum atomic E-state index is 11.9. The van der Waals surface area contributed by atoms with Crippen LogP contribution in [0.15, 0.2) is 16.6 Å². The van der Waals surface area contributed by atoms with Crippen LogP contribution >= 0.6 is 15.9 Å². The molecule has 20 heavy (non-hydrogen) atoms. The Morgan fingerprint density at radius 2 is 2.10 bits per heavy atom. The number of nitrogens with zero attached hydrogens (tertiary/aromatic N) is 1. The number of carbonyl (C=O) groups excluding carboxylic acids is 2. The molecule has 6 heteroatoms. The lowest BCUT2D eigenvalue weighted by atomic mass is 9.99. The normalized spacial score (nSPS) is 13.7. The molecule has 5 nitrogen and oxygen atoms in total. The maximum Gasteiger partial charge on any atom is 0.397 e. The molecule has 0 fully saturated rings. The van der Waals surface area contributed by atoms with Crippen molar-refractivity contribution < 1.29 is 19.1 Å². The number of methoxy groups -OCH3 is 1. The lowest BCUT2D eigenvalue weighted by Gasteiger charge is -2.28. The molecule has 1 aliphatic heterocycles. The first-order chi connectivity index (χ1) is 9.56. The highest BCUT2D eigenvalue weighted by Crippen LogP contribution is 2.31. The van der Waals surface area contributed by atoms with E-state index in [1.807, 2.05) is 12.1 Å². The van der Waals surface area contributed by atoms with Gasteiger partial charge in [-0.05, 0) is 52.5 Å². The molecule has 0 radical (unpaired) electrons. The molecule has 0 aromatic heterocycles. The number of rotatable bonds is 2. The fourth-order valence-electron chi connectivity index (χ4n) is 2.21. The van der Waals surface area contributed by atoms with Gasteiger partial charge in [-0.1, -0.05) is 0 Å². The van der Waals surface area contributed by atoms with Crippen LogP contribution in [0.4, 0.5) is 0 Å². The summed E-state index contributed by atoms with van der Waals surface area (Å²) in [4.78, 5) is 24.9. The Morgan fingerprint density at radius 1 is 1.35 bits per heavy atom. The van der Waals surface area contributed by atoms with Crippen molar-refractivity contribution in [3.8, 4) is 5.75 Å². The highest BCUT2D eigenvalue weighted by molar-refractivity contribution is 9.10. The highest BCUT2D eigenvalue weighted by atomic mass is 79.9. The van der Waals surface area contributed by atoms with Gasteiger partial charge in [0.25, 0.3) is 0 Å². The molecule has 0 N–H and O–H groups in total. The molecule has 1 heterocycles. The molecule has 2 rings (SSSR count). The van der Waals surface area contributed by atoms with Gasteiger partial charge in [-0.2, -0.15) is 0 Å². The van der Waals surface area contributed by atoms with Gasteiger partial charge in [0.1, 0.15) is 5.75 Å². The quantitative estimate of drug-likeness (QED) is 0.609. The van der Waals surface area contributed by atoms with Crippen molar-refractivity contribution in [2.75, 3.05) is 20.3 Å². The number of hydrogen-bond acceptors (Lipinski definition) is 4. The first kappa shape index (κ1) is 14.8. The van der Waals surface area contributed by atoms with Crippen molar-refractivity contribution in [2.45, 2.75) is 19.9 Å². The summed E-state index contributed by atoms with van der Waals surface area (Å²) in [7, 11) is 1.62. The first-order valence-corrected chi connectivity index (χ1v) is 7.17. The number of fused-ring (bicyclic) bond motifs is 1. The molecule has 0 aliphatic carbocycles. The van der Waals surface area contributed by atoms with E-state index in [1.165, 1.54) is 4.90 Å². The molecule has 0 atom stereocenters. The van der Waals surface area contributed by atoms with Gasteiger partial charge in [0, 0.05) is 13.1 Å². The number of halogens is 1. The Balaban J connectivity index is 2.17. The lowest BCUT2D eigenvalue weighted by molar-refractivity contribution is -0.160. The van der Waals surface area contributed by atoms with Gasteiger partial charge < -0.3 is 14.4 Å². The summed E-state index contributed by atoms with van der Waals surface area (Å²) in [6.07, 6.45) is 0.699. The average Bonchev–Trinajstić information content (AvgIpc) is 2.45. The standard InChI is InChI=1S/C14H16BrNO4/c1-3-20-14(18)13(17)16-5-4-9-7-12(19-2)11(15)6-10(9)8-16/h6-7H,3-5,8H2,1-2H3. The summed E-state index contributed by atoms with van der Waals surface area (Å²) >= 11 is 3.43. The third-order valence-electron chi connectivity index (χ3n) is 3.22. The topological polar surface area (TPSA) is 55.8 Å². The van der Waals surface area contributed by atoms with Crippen molar-refractivity contribution in [3.63, 3.8) is 0 Å². The maximum absolute atomic E-state index is 11.9. The molecule has 0 saturated carbocycles. The molecule has 0 unspecified atom stereocenters. The van der Waals surface area contributed by atoms with Gasteiger partial charge in [0.05, 0.1) is 18.2 Å². The first-order valence-electron chi connectivity index (χ1n) is 6.38. The summed E-state index contributed by atoms with van der Waals surface area (Å²) in [5, 5.41) is 0. The molecule has 0 bridgehead atoms. The third kappa shape index (κ3) is 2.95. The van der Waals surface area contributed by atoms with Crippen molar-refractivity contribution in [1.82, 2.24) is 4.90 Å². The fraction of sp³-hybridized carbons (Fsp3) is 0.429. The van der Waals surface area contributed by atoms with Crippen LogP contribution in [0, 0.1) is 0 Å². The molecule has 0 spiro atoms. The molecule has 0 saturated heterocycles. The van der Waals surface area contributed by atoms with Gasteiger partial charge in [0.15, 0.2) is 0 Å². The zero-order chi connectivity index (χ0) is 14.7. The summed E-state index contributed by atoms with van der Waals surface area (Å²) in [5.74, 6) is -0.595. The monoisotopic (exact) mass is 341 g/mol. The Bertz CT molecular complexity index is 544. The second kappa shape index (κ2) is 6.26. The van der Waals surface area contributed by atoms with E-state index in [-0.39, 0.29) is 6.61 Å². The zero-order valence-corrected chi connectivity index (χ0v) is 13.0. The minimum atomic E-state index is -0.788. The number of hydrogen-bond donors (Lipinski definition) is 0. The van der Waals surface area contributed by atoms with E-state index in [0.29, 0.717) is 19.5 Å². The molecule has 1 aliphatic rings. The predicted octanol–water partition coefficient (Wildman–Crippen LogP) is 1.91. The van der Waals surface area contributed by atoms with E-state index < -0.39 is 11.9 Å². The van der Waals surface area contributed by atoms with Crippen LogP contribution in [0.5, 0.6) is 5.75 Å². The Kier molecular flexibility index (Phi) is 4.65. The van der Waals surface area contributed by atoms with Gasteiger partial charge in [-0.15, -0.1) is 0 Å². The van der Waals surface area contributed by atoms with E-state index in [1.54, 1.807) is 14.0 Å². The number of carbonyl (C=O) groups is 2. The molecule has 108 valence electrons. The van der Waals surface area contributed by atoms with Crippen molar-refractivity contribution in [1.29, 1.82) is 0 Å². The second-order valence-electron chi connectivity index (χ2n) is 4.45. The Hall–Kier alpha value is -1.56. The van der Waals surface area contributed by atoms with Gasteiger partial charge in [-0.3, -0.25) is 4.79 Å². The average molecular weight is 342 g/mol. The van der Waals surface area contributed by atoms with Crippen LogP contribution < -0.4 is 4.74 Å². The smallest absolute Gasteiger partial charge is 0.397 e. The van der Waals surface area contributed by atoms with Crippen molar-refractivity contribution >= 4 is 27.8 Å².